The summed E-state index contributed by atoms with van der Waals surface area (Å²) in [7, 11) is 1.54. The van der Waals surface area contributed by atoms with Crippen molar-refractivity contribution in [2.75, 3.05) is 13.7 Å². The summed E-state index contributed by atoms with van der Waals surface area (Å²) in [6, 6.07) is 7.65. The molecule has 21 heavy (non-hydrogen) atoms. The van der Waals surface area contributed by atoms with Gasteiger partial charge in [-0.25, -0.2) is 9.59 Å². The normalized spacial score (nSPS) is 12.5. The van der Waals surface area contributed by atoms with Crippen molar-refractivity contribution in [3.05, 3.63) is 35.9 Å². The maximum Gasteiger partial charge on any atom is 0.326 e. The van der Waals surface area contributed by atoms with Crippen LogP contribution in [0.5, 0.6) is 0 Å². The number of rotatable bonds is 7. The average molecular weight is 294 g/mol. The van der Waals surface area contributed by atoms with E-state index in [4.69, 9.17) is 4.74 Å². The number of methoxy groups -OCH3 is 1. The van der Waals surface area contributed by atoms with E-state index >= 15 is 0 Å². The summed E-state index contributed by atoms with van der Waals surface area (Å²) in [6.45, 7) is 3.92. The number of urea groups is 1. The van der Waals surface area contributed by atoms with Crippen LogP contribution in [0, 0.1) is 0 Å². The predicted octanol–water partition coefficient (Wildman–Crippen LogP) is 1.41. The predicted molar refractivity (Wildman–Crippen MR) is 79.2 cm³/mol. The van der Waals surface area contributed by atoms with Crippen molar-refractivity contribution >= 4 is 12.0 Å². The molecule has 0 aliphatic carbocycles. The zero-order valence-electron chi connectivity index (χ0n) is 12.6. The number of benzene rings is 1. The lowest BCUT2D eigenvalue weighted by atomic mass is 10.1. The third-order valence-electron chi connectivity index (χ3n) is 2.84. The fourth-order valence-electron chi connectivity index (χ4n) is 1.95. The molecule has 0 radical (unpaired) electrons. The summed E-state index contributed by atoms with van der Waals surface area (Å²) in [5, 5.41) is 14.4. The third-order valence-corrected chi connectivity index (χ3v) is 2.84. The van der Waals surface area contributed by atoms with Crippen molar-refractivity contribution < 1.29 is 19.4 Å². The van der Waals surface area contributed by atoms with Crippen LogP contribution in [0.4, 0.5) is 4.79 Å². The van der Waals surface area contributed by atoms with E-state index < -0.39 is 23.6 Å². The van der Waals surface area contributed by atoms with Gasteiger partial charge in [0.1, 0.15) is 6.04 Å². The van der Waals surface area contributed by atoms with Gasteiger partial charge in [0.05, 0.1) is 12.1 Å². The molecule has 0 unspecified atom stereocenters. The van der Waals surface area contributed by atoms with Crippen LogP contribution in [0.15, 0.2) is 30.3 Å². The van der Waals surface area contributed by atoms with Crippen LogP contribution in [-0.4, -0.2) is 42.4 Å². The molecular formula is C15H22N2O4. The maximum atomic E-state index is 11.9. The maximum absolute atomic E-state index is 11.9. The van der Waals surface area contributed by atoms with Gasteiger partial charge >= 0.3 is 12.0 Å². The molecule has 0 bridgehead atoms. The number of nitrogens with one attached hydrogen (secondary N) is 2. The molecule has 0 saturated carbocycles. The first-order chi connectivity index (χ1) is 9.84. The largest absolute Gasteiger partial charge is 0.480 e. The minimum absolute atomic E-state index is 0.230. The second-order valence-corrected chi connectivity index (χ2v) is 5.50. The van der Waals surface area contributed by atoms with Crippen molar-refractivity contribution in [3.8, 4) is 0 Å². The Morgan fingerprint density at radius 3 is 2.43 bits per heavy atom. The highest BCUT2D eigenvalue weighted by atomic mass is 16.5. The Labute approximate surface area is 124 Å². The second kappa shape index (κ2) is 7.64. The van der Waals surface area contributed by atoms with E-state index in [1.165, 1.54) is 7.11 Å². The van der Waals surface area contributed by atoms with Gasteiger partial charge in [-0.3, -0.25) is 0 Å². The smallest absolute Gasteiger partial charge is 0.326 e. The minimum Gasteiger partial charge on any atom is -0.480 e. The summed E-state index contributed by atoms with van der Waals surface area (Å²) in [4.78, 5) is 23.2. The van der Waals surface area contributed by atoms with E-state index in [-0.39, 0.29) is 6.42 Å². The first kappa shape index (κ1) is 17.0. The SMILES string of the molecule is COCC(C)(C)NC(=O)N[C@@H](Cc1ccccc1)C(=O)O. The summed E-state index contributed by atoms with van der Waals surface area (Å²) in [5.74, 6) is -1.07. The molecule has 1 aromatic carbocycles. The summed E-state index contributed by atoms with van der Waals surface area (Å²) in [6.07, 6.45) is 0.230. The van der Waals surface area contributed by atoms with Gasteiger partial charge in [0, 0.05) is 13.5 Å². The Morgan fingerprint density at radius 1 is 1.29 bits per heavy atom. The monoisotopic (exact) mass is 294 g/mol. The van der Waals surface area contributed by atoms with E-state index in [9.17, 15) is 14.7 Å². The first-order valence-corrected chi connectivity index (χ1v) is 6.68. The van der Waals surface area contributed by atoms with Gasteiger partial charge in [-0.2, -0.15) is 0 Å². The van der Waals surface area contributed by atoms with Crippen LogP contribution >= 0.6 is 0 Å². The van der Waals surface area contributed by atoms with Crippen LogP contribution in [-0.2, 0) is 16.0 Å². The highest BCUT2D eigenvalue weighted by Gasteiger charge is 2.24. The molecule has 1 aromatic rings. The number of hydrogen-bond donors (Lipinski definition) is 3. The molecule has 6 heteroatoms. The van der Waals surface area contributed by atoms with E-state index in [1.54, 1.807) is 13.8 Å². The van der Waals surface area contributed by atoms with E-state index in [0.717, 1.165) is 5.56 Å². The molecule has 2 amide bonds. The standard InChI is InChI=1S/C15H22N2O4/c1-15(2,10-21-3)17-14(20)16-12(13(18)19)9-11-7-5-4-6-8-11/h4-8,12H,9-10H2,1-3H3,(H,18,19)(H2,16,17,20)/t12-/m0/s1. The number of hydrogen-bond acceptors (Lipinski definition) is 3. The number of aliphatic carboxylic acids is 1. The van der Waals surface area contributed by atoms with Crippen LogP contribution in [0.2, 0.25) is 0 Å². The molecule has 0 spiro atoms. The molecule has 0 aromatic heterocycles. The Morgan fingerprint density at radius 2 is 1.90 bits per heavy atom. The molecular weight excluding hydrogens is 272 g/mol. The number of carboxylic acids is 1. The number of amides is 2. The van der Waals surface area contributed by atoms with Gasteiger partial charge in [-0.05, 0) is 19.4 Å². The van der Waals surface area contributed by atoms with Crippen LogP contribution in [0.3, 0.4) is 0 Å². The van der Waals surface area contributed by atoms with Gasteiger partial charge in [-0.1, -0.05) is 30.3 Å². The van der Waals surface area contributed by atoms with Gasteiger partial charge in [0.15, 0.2) is 0 Å². The summed E-state index contributed by atoms with van der Waals surface area (Å²) < 4.78 is 5.00. The lowest BCUT2D eigenvalue weighted by Gasteiger charge is -2.26. The second-order valence-electron chi connectivity index (χ2n) is 5.50. The molecule has 0 aliphatic rings. The molecule has 1 atom stereocenters. The third kappa shape index (κ3) is 6.27. The molecule has 0 aliphatic heterocycles. The lowest BCUT2D eigenvalue weighted by molar-refractivity contribution is -0.139. The van der Waals surface area contributed by atoms with Crippen molar-refractivity contribution in [1.82, 2.24) is 10.6 Å². The Bertz CT molecular complexity index is 474. The lowest BCUT2D eigenvalue weighted by Crippen LogP contribution is -2.54. The Kier molecular flexibility index (Phi) is 6.17. The van der Waals surface area contributed by atoms with Crippen LogP contribution < -0.4 is 10.6 Å². The highest BCUT2D eigenvalue weighted by Crippen LogP contribution is 2.05. The fraction of sp³-hybridized carbons (Fsp3) is 0.467. The van der Waals surface area contributed by atoms with Crippen molar-refractivity contribution in [2.45, 2.75) is 31.8 Å². The van der Waals surface area contributed by atoms with E-state index in [0.29, 0.717) is 6.61 Å². The van der Waals surface area contributed by atoms with E-state index in [1.807, 2.05) is 30.3 Å². The number of carboxylic acid groups (broad SMARTS) is 1. The molecule has 0 saturated heterocycles. The van der Waals surface area contributed by atoms with Crippen molar-refractivity contribution in [1.29, 1.82) is 0 Å². The molecule has 6 nitrogen and oxygen atoms in total. The Hall–Kier alpha value is -2.08. The molecule has 1 rings (SSSR count). The number of ether oxygens (including phenoxy) is 1. The highest BCUT2D eigenvalue weighted by molar-refractivity contribution is 5.83. The van der Waals surface area contributed by atoms with Gasteiger partial charge < -0.3 is 20.5 Å². The summed E-state index contributed by atoms with van der Waals surface area (Å²) in [5.41, 5.74) is 0.274. The van der Waals surface area contributed by atoms with Crippen molar-refractivity contribution in [3.63, 3.8) is 0 Å². The molecule has 116 valence electrons. The zero-order valence-corrected chi connectivity index (χ0v) is 12.6. The number of carbonyl (C=O) groups is 2. The van der Waals surface area contributed by atoms with Gasteiger partial charge in [0.25, 0.3) is 0 Å². The topological polar surface area (TPSA) is 87.7 Å². The van der Waals surface area contributed by atoms with E-state index in [2.05, 4.69) is 10.6 Å². The molecule has 0 fully saturated rings. The molecule has 0 heterocycles. The quantitative estimate of drug-likeness (QED) is 0.709. The van der Waals surface area contributed by atoms with Gasteiger partial charge in [0.2, 0.25) is 0 Å². The fourth-order valence-corrected chi connectivity index (χ4v) is 1.95. The summed E-state index contributed by atoms with van der Waals surface area (Å²) >= 11 is 0. The average Bonchev–Trinajstić information content (AvgIpc) is 2.38. The van der Waals surface area contributed by atoms with Crippen LogP contribution in [0.25, 0.3) is 0 Å². The molecule has 3 N–H and O–H groups in total. The Balaban J connectivity index is 2.62. The minimum atomic E-state index is -1.07. The number of carbonyl (C=O) groups excluding carboxylic acids is 1. The van der Waals surface area contributed by atoms with Crippen molar-refractivity contribution in [2.24, 2.45) is 0 Å². The van der Waals surface area contributed by atoms with Crippen LogP contribution in [0.1, 0.15) is 19.4 Å². The zero-order chi connectivity index (χ0) is 15.9. The van der Waals surface area contributed by atoms with Gasteiger partial charge in [-0.15, -0.1) is 0 Å². The first-order valence-electron chi connectivity index (χ1n) is 6.68.